The van der Waals surface area contributed by atoms with Crippen molar-refractivity contribution in [2.45, 2.75) is 13.3 Å². The van der Waals surface area contributed by atoms with E-state index < -0.39 is 5.97 Å². The van der Waals surface area contributed by atoms with E-state index >= 15 is 0 Å². The minimum absolute atomic E-state index is 0.224. The van der Waals surface area contributed by atoms with E-state index in [1.54, 1.807) is 12.1 Å². The van der Waals surface area contributed by atoms with E-state index in [1.807, 2.05) is 6.92 Å². The normalized spacial score (nSPS) is 10.1. The molecule has 0 saturated heterocycles. The number of hydrogen-bond donors (Lipinski definition) is 4. The zero-order valence-corrected chi connectivity index (χ0v) is 11.6. The van der Waals surface area contributed by atoms with Crippen LogP contribution in [-0.2, 0) is 0 Å². The van der Waals surface area contributed by atoms with Gasteiger partial charge >= 0.3 is 5.97 Å². The van der Waals surface area contributed by atoms with Crippen LogP contribution in [0.2, 0.25) is 0 Å². The molecule has 0 bridgehead atoms. The van der Waals surface area contributed by atoms with E-state index in [1.165, 1.54) is 18.5 Å². The summed E-state index contributed by atoms with van der Waals surface area (Å²) in [7, 11) is 0. The predicted molar refractivity (Wildman–Crippen MR) is 81.9 cm³/mol. The highest BCUT2D eigenvalue weighted by Crippen LogP contribution is 2.25. The van der Waals surface area contributed by atoms with Crippen molar-refractivity contribution in [3.63, 3.8) is 0 Å². The maximum Gasteiger partial charge on any atom is 0.335 e. The van der Waals surface area contributed by atoms with Gasteiger partial charge in [0.05, 0.1) is 5.56 Å². The molecule has 21 heavy (non-hydrogen) atoms. The minimum Gasteiger partial charge on any atom is -0.478 e. The Morgan fingerprint density at radius 2 is 1.90 bits per heavy atom. The number of aromatic nitrogens is 2. The average molecular weight is 287 g/mol. The zero-order valence-electron chi connectivity index (χ0n) is 11.6. The molecule has 0 aliphatic rings. The third kappa shape index (κ3) is 3.59. The second-order valence-electron chi connectivity index (χ2n) is 4.42. The van der Waals surface area contributed by atoms with Crippen LogP contribution in [0.1, 0.15) is 23.7 Å². The third-order valence-electron chi connectivity index (χ3n) is 2.82. The second kappa shape index (κ2) is 6.56. The standard InChI is InChI=1S/C14H17N5O2/c1-2-7-16-12-11(15)13(18-8-17-12)19-10-5-3-9(4-6-10)14(20)21/h3-6,8H,2,7,15H2,1H3,(H,20,21)(H2,16,17,18,19). The molecule has 0 amide bonds. The highest BCUT2D eigenvalue weighted by Gasteiger charge is 2.08. The molecule has 1 aromatic carbocycles. The topological polar surface area (TPSA) is 113 Å². The van der Waals surface area contributed by atoms with Gasteiger partial charge in [0.1, 0.15) is 12.0 Å². The van der Waals surface area contributed by atoms with Gasteiger partial charge in [0.2, 0.25) is 0 Å². The van der Waals surface area contributed by atoms with Gasteiger partial charge in [-0.25, -0.2) is 14.8 Å². The SMILES string of the molecule is CCCNc1ncnc(Nc2ccc(C(=O)O)cc2)c1N. The summed E-state index contributed by atoms with van der Waals surface area (Å²) in [6.07, 6.45) is 2.38. The largest absolute Gasteiger partial charge is 0.478 e. The lowest BCUT2D eigenvalue weighted by Crippen LogP contribution is -2.08. The number of nitrogens with zero attached hydrogens (tertiary/aromatic N) is 2. The van der Waals surface area contributed by atoms with Crippen LogP contribution >= 0.6 is 0 Å². The number of nitrogens with one attached hydrogen (secondary N) is 2. The first-order valence-corrected chi connectivity index (χ1v) is 6.56. The van der Waals surface area contributed by atoms with Crippen LogP contribution < -0.4 is 16.4 Å². The number of hydrogen-bond acceptors (Lipinski definition) is 6. The van der Waals surface area contributed by atoms with Crippen molar-refractivity contribution < 1.29 is 9.90 Å². The summed E-state index contributed by atoms with van der Waals surface area (Å²) in [5.74, 6) is 0.0948. The van der Waals surface area contributed by atoms with Crippen molar-refractivity contribution in [2.75, 3.05) is 22.9 Å². The molecule has 0 saturated carbocycles. The molecule has 2 rings (SSSR count). The molecule has 7 heteroatoms. The minimum atomic E-state index is -0.964. The number of rotatable bonds is 6. The van der Waals surface area contributed by atoms with Crippen LogP contribution in [0.4, 0.5) is 23.0 Å². The number of carbonyl (C=O) groups is 1. The lowest BCUT2D eigenvalue weighted by atomic mass is 10.2. The Kier molecular flexibility index (Phi) is 4.55. The molecular weight excluding hydrogens is 270 g/mol. The molecule has 0 atom stereocenters. The molecule has 0 aliphatic heterocycles. The first-order chi connectivity index (χ1) is 10.1. The van der Waals surface area contributed by atoms with Crippen molar-refractivity contribution in [2.24, 2.45) is 0 Å². The van der Waals surface area contributed by atoms with Gasteiger partial charge in [-0.05, 0) is 30.7 Å². The fourth-order valence-electron chi connectivity index (χ4n) is 1.71. The number of anilines is 4. The average Bonchev–Trinajstić information content (AvgIpc) is 2.49. The fourth-order valence-corrected chi connectivity index (χ4v) is 1.71. The number of benzene rings is 1. The summed E-state index contributed by atoms with van der Waals surface area (Å²) in [5.41, 5.74) is 7.35. The van der Waals surface area contributed by atoms with Gasteiger partial charge in [-0.3, -0.25) is 0 Å². The Hall–Kier alpha value is -2.83. The molecule has 2 aromatic rings. The Morgan fingerprint density at radius 3 is 2.52 bits per heavy atom. The highest BCUT2D eigenvalue weighted by atomic mass is 16.4. The van der Waals surface area contributed by atoms with Crippen LogP contribution in [0.3, 0.4) is 0 Å². The van der Waals surface area contributed by atoms with Crippen LogP contribution in [0.15, 0.2) is 30.6 Å². The van der Waals surface area contributed by atoms with Gasteiger partial charge in [0.15, 0.2) is 11.6 Å². The van der Waals surface area contributed by atoms with Gasteiger partial charge < -0.3 is 21.5 Å². The molecule has 1 heterocycles. The Balaban J connectivity index is 2.17. The van der Waals surface area contributed by atoms with E-state index in [4.69, 9.17) is 10.8 Å². The van der Waals surface area contributed by atoms with Gasteiger partial charge in [0.25, 0.3) is 0 Å². The van der Waals surface area contributed by atoms with Gasteiger partial charge in [-0.15, -0.1) is 0 Å². The van der Waals surface area contributed by atoms with Crippen LogP contribution in [-0.4, -0.2) is 27.6 Å². The van der Waals surface area contributed by atoms with Gasteiger partial charge in [-0.1, -0.05) is 6.92 Å². The summed E-state index contributed by atoms with van der Waals surface area (Å²) in [6, 6.07) is 6.34. The van der Waals surface area contributed by atoms with E-state index in [2.05, 4.69) is 20.6 Å². The highest BCUT2D eigenvalue weighted by molar-refractivity contribution is 5.88. The summed E-state index contributed by atoms with van der Waals surface area (Å²) in [5, 5.41) is 15.0. The molecule has 5 N–H and O–H groups in total. The van der Waals surface area contributed by atoms with Crippen molar-refractivity contribution >= 4 is 29.0 Å². The van der Waals surface area contributed by atoms with E-state index in [9.17, 15) is 4.79 Å². The number of nitrogen functional groups attached to an aromatic ring is 1. The first-order valence-electron chi connectivity index (χ1n) is 6.56. The summed E-state index contributed by atoms with van der Waals surface area (Å²) in [4.78, 5) is 19.0. The number of aromatic carboxylic acids is 1. The lowest BCUT2D eigenvalue weighted by molar-refractivity contribution is 0.0697. The Labute approximate surface area is 122 Å². The Morgan fingerprint density at radius 1 is 1.24 bits per heavy atom. The number of nitrogens with two attached hydrogens (primary N) is 1. The van der Waals surface area contributed by atoms with Crippen LogP contribution in [0, 0.1) is 0 Å². The molecule has 110 valence electrons. The van der Waals surface area contributed by atoms with E-state index in [-0.39, 0.29) is 5.56 Å². The monoisotopic (exact) mass is 287 g/mol. The summed E-state index contributed by atoms with van der Waals surface area (Å²) in [6.45, 7) is 2.82. The molecule has 0 aliphatic carbocycles. The van der Waals surface area contributed by atoms with Gasteiger partial charge in [0, 0.05) is 12.2 Å². The summed E-state index contributed by atoms with van der Waals surface area (Å²) >= 11 is 0. The Bertz CT molecular complexity index is 628. The van der Waals surface area contributed by atoms with Crippen molar-refractivity contribution in [3.05, 3.63) is 36.2 Å². The summed E-state index contributed by atoms with van der Waals surface area (Å²) < 4.78 is 0. The smallest absolute Gasteiger partial charge is 0.335 e. The molecule has 0 unspecified atom stereocenters. The van der Waals surface area contributed by atoms with Crippen molar-refractivity contribution in [1.82, 2.24) is 9.97 Å². The first kappa shape index (κ1) is 14.6. The van der Waals surface area contributed by atoms with Crippen molar-refractivity contribution in [3.8, 4) is 0 Å². The molecule has 1 aromatic heterocycles. The molecule has 0 spiro atoms. The maximum absolute atomic E-state index is 10.8. The lowest BCUT2D eigenvalue weighted by Gasteiger charge is -2.12. The quantitative estimate of drug-likeness (QED) is 0.644. The fraction of sp³-hybridized carbons (Fsp3) is 0.214. The van der Waals surface area contributed by atoms with Gasteiger partial charge in [-0.2, -0.15) is 0 Å². The zero-order chi connectivity index (χ0) is 15.2. The third-order valence-corrected chi connectivity index (χ3v) is 2.82. The molecular formula is C14H17N5O2. The van der Waals surface area contributed by atoms with Crippen LogP contribution in [0.5, 0.6) is 0 Å². The van der Waals surface area contributed by atoms with E-state index in [0.717, 1.165) is 13.0 Å². The maximum atomic E-state index is 10.8. The second-order valence-corrected chi connectivity index (χ2v) is 4.42. The molecule has 0 fully saturated rings. The van der Waals surface area contributed by atoms with Crippen LogP contribution in [0.25, 0.3) is 0 Å². The number of carboxylic acids is 1. The predicted octanol–water partition coefficient (Wildman–Crippen LogP) is 2.32. The molecule has 0 radical (unpaired) electrons. The number of carboxylic acid groups (broad SMARTS) is 1. The van der Waals surface area contributed by atoms with E-state index in [0.29, 0.717) is 23.0 Å². The van der Waals surface area contributed by atoms with Crippen molar-refractivity contribution in [1.29, 1.82) is 0 Å². The molecule has 7 nitrogen and oxygen atoms in total.